The first-order chi connectivity index (χ1) is 16.4. The van der Waals surface area contributed by atoms with Crippen molar-refractivity contribution in [3.63, 3.8) is 0 Å². The van der Waals surface area contributed by atoms with Gasteiger partial charge in [-0.3, -0.25) is 14.0 Å². The quantitative estimate of drug-likeness (QED) is 0.551. The van der Waals surface area contributed by atoms with E-state index in [4.69, 9.17) is 0 Å². The molecule has 2 aromatic rings. The van der Waals surface area contributed by atoms with Gasteiger partial charge in [-0.15, -0.1) is 0 Å². The Kier molecular flexibility index (Phi) is 6.40. The van der Waals surface area contributed by atoms with Crippen molar-refractivity contribution in [3.05, 3.63) is 30.1 Å². The smallest absolute Gasteiger partial charge is 0.272 e. The zero-order valence-corrected chi connectivity index (χ0v) is 20.3. The lowest BCUT2D eigenvalue weighted by molar-refractivity contribution is -0.120. The van der Waals surface area contributed by atoms with Gasteiger partial charge in [-0.05, 0) is 67.9 Å². The van der Waals surface area contributed by atoms with Gasteiger partial charge in [0, 0.05) is 12.6 Å². The highest BCUT2D eigenvalue weighted by Crippen LogP contribution is 2.53. The number of nitrogens with one attached hydrogen (secondary N) is 2. The van der Waals surface area contributed by atoms with E-state index in [0.717, 1.165) is 43.9 Å². The number of anilines is 1. The van der Waals surface area contributed by atoms with Crippen molar-refractivity contribution >= 4 is 23.3 Å². The lowest BCUT2D eigenvalue weighted by Gasteiger charge is -2.48. The molecule has 7 heteroatoms. The van der Waals surface area contributed by atoms with Crippen LogP contribution in [0.2, 0.25) is 0 Å². The lowest BCUT2D eigenvalue weighted by Crippen LogP contribution is -2.49. The van der Waals surface area contributed by atoms with Gasteiger partial charge in [-0.25, -0.2) is 4.98 Å². The van der Waals surface area contributed by atoms with Crippen LogP contribution in [0.5, 0.6) is 0 Å². The van der Waals surface area contributed by atoms with Gasteiger partial charge in [-0.2, -0.15) is 0 Å². The third-order valence-electron chi connectivity index (χ3n) is 8.78. The molecule has 3 aliphatic carbocycles. The number of aliphatic hydroxyl groups is 1. The Morgan fingerprint density at radius 3 is 2.76 bits per heavy atom. The van der Waals surface area contributed by atoms with E-state index in [0.29, 0.717) is 23.6 Å². The molecular weight excluding hydrogens is 428 g/mol. The zero-order valence-electron chi connectivity index (χ0n) is 20.3. The summed E-state index contributed by atoms with van der Waals surface area (Å²) in [5.74, 6) is 1.93. The standard InChI is InChI=1S/C27H38N4O3/c1-2-19-13-20-7-6-10-26(14-19,15-20)16-24(33)29-23-9-5-8-22-28-21(17-31(22)23)25(34)30-27(18-32)11-3-4-12-27/h5,8-9,17,19-20,32H,2-4,6-7,10-16,18H2,1H3,(H,29,33)(H,30,34). The maximum Gasteiger partial charge on any atom is 0.272 e. The number of carbonyl (C=O) groups excluding carboxylic acids is 2. The van der Waals surface area contributed by atoms with Crippen LogP contribution >= 0.6 is 0 Å². The molecule has 0 saturated heterocycles. The zero-order chi connectivity index (χ0) is 23.8. The second-order valence-corrected chi connectivity index (χ2v) is 11.3. The number of pyridine rings is 1. The SMILES string of the molecule is CCC1CC2CCCC(CC(=O)Nc3cccc4nc(C(=O)NC5(CO)CCCC5)cn34)(C1)C2. The van der Waals surface area contributed by atoms with Crippen LogP contribution in [-0.4, -0.2) is 38.5 Å². The molecule has 2 bridgehead atoms. The summed E-state index contributed by atoms with van der Waals surface area (Å²) in [6.07, 6.45) is 14.4. The van der Waals surface area contributed by atoms with Crippen molar-refractivity contribution in [2.45, 2.75) is 89.5 Å². The summed E-state index contributed by atoms with van der Waals surface area (Å²) in [5, 5.41) is 16.0. The number of aliphatic hydroxyl groups excluding tert-OH is 1. The molecule has 0 radical (unpaired) electrons. The minimum absolute atomic E-state index is 0.0507. The molecule has 3 aliphatic rings. The van der Waals surface area contributed by atoms with E-state index in [1.54, 1.807) is 10.6 Å². The molecule has 2 amide bonds. The van der Waals surface area contributed by atoms with E-state index in [1.807, 2.05) is 18.2 Å². The summed E-state index contributed by atoms with van der Waals surface area (Å²) in [6.45, 7) is 2.22. The molecule has 5 rings (SSSR count). The maximum atomic E-state index is 13.2. The van der Waals surface area contributed by atoms with Crippen molar-refractivity contribution < 1.29 is 14.7 Å². The Balaban J connectivity index is 1.31. The van der Waals surface area contributed by atoms with E-state index >= 15 is 0 Å². The van der Waals surface area contributed by atoms with Gasteiger partial charge >= 0.3 is 0 Å². The predicted molar refractivity (Wildman–Crippen MR) is 132 cm³/mol. The lowest BCUT2D eigenvalue weighted by atomic mass is 9.57. The summed E-state index contributed by atoms with van der Waals surface area (Å²) in [5.41, 5.74) is 0.511. The van der Waals surface area contributed by atoms with Crippen LogP contribution in [0.15, 0.2) is 24.4 Å². The van der Waals surface area contributed by atoms with Crippen LogP contribution in [0.3, 0.4) is 0 Å². The third-order valence-corrected chi connectivity index (χ3v) is 8.78. The van der Waals surface area contributed by atoms with Crippen LogP contribution < -0.4 is 10.6 Å². The van der Waals surface area contributed by atoms with Crippen LogP contribution in [0.25, 0.3) is 5.65 Å². The van der Waals surface area contributed by atoms with E-state index in [2.05, 4.69) is 22.5 Å². The molecule has 34 heavy (non-hydrogen) atoms. The topological polar surface area (TPSA) is 95.7 Å². The number of carbonyl (C=O) groups is 2. The Bertz CT molecular complexity index is 1060. The van der Waals surface area contributed by atoms with E-state index in [-0.39, 0.29) is 23.8 Å². The Morgan fingerprint density at radius 1 is 1.18 bits per heavy atom. The highest BCUT2D eigenvalue weighted by molar-refractivity contribution is 5.94. The number of fused-ring (bicyclic) bond motifs is 3. The first-order valence-electron chi connectivity index (χ1n) is 13.1. The van der Waals surface area contributed by atoms with Crippen LogP contribution in [0, 0.1) is 17.3 Å². The normalized spacial score (nSPS) is 28.1. The number of hydrogen-bond acceptors (Lipinski definition) is 4. The molecule has 3 fully saturated rings. The number of amides is 2. The monoisotopic (exact) mass is 466 g/mol. The summed E-state index contributed by atoms with van der Waals surface area (Å²) < 4.78 is 1.78. The Labute approximate surface area is 201 Å². The number of imidazole rings is 1. The van der Waals surface area contributed by atoms with Crippen molar-refractivity contribution in [1.29, 1.82) is 0 Å². The highest BCUT2D eigenvalue weighted by Gasteiger charge is 2.43. The van der Waals surface area contributed by atoms with Gasteiger partial charge in [0.15, 0.2) is 0 Å². The molecular formula is C27H38N4O3. The maximum absolute atomic E-state index is 13.2. The molecule has 0 aromatic carbocycles. The van der Waals surface area contributed by atoms with Crippen LogP contribution in [0.1, 0.15) is 94.5 Å². The Hall–Kier alpha value is -2.41. The van der Waals surface area contributed by atoms with E-state index < -0.39 is 5.54 Å². The predicted octanol–water partition coefficient (Wildman–Crippen LogP) is 4.69. The van der Waals surface area contributed by atoms with E-state index in [9.17, 15) is 14.7 Å². The fourth-order valence-electron chi connectivity index (χ4n) is 7.11. The highest BCUT2D eigenvalue weighted by atomic mass is 16.3. The number of hydrogen-bond donors (Lipinski definition) is 3. The molecule has 3 atom stereocenters. The van der Waals surface area contributed by atoms with Crippen molar-refractivity contribution in [2.24, 2.45) is 17.3 Å². The van der Waals surface area contributed by atoms with E-state index in [1.165, 1.54) is 38.5 Å². The first kappa shape index (κ1) is 23.3. The number of nitrogens with zero attached hydrogens (tertiary/aromatic N) is 2. The molecule has 7 nitrogen and oxygen atoms in total. The van der Waals surface area contributed by atoms with Crippen LogP contribution in [-0.2, 0) is 4.79 Å². The fourth-order valence-corrected chi connectivity index (χ4v) is 7.11. The largest absolute Gasteiger partial charge is 0.394 e. The minimum atomic E-state index is -0.544. The number of aromatic nitrogens is 2. The van der Waals surface area contributed by atoms with Gasteiger partial charge in [0.2, 0.25) is 5.91 Å². The molecule has 3 unspecified atom stereocenters. The molecule has 0 spiro atoms. The average molecular weight is 467 g/mol. The van der Waals surface area contributed by atoms with Crippen molar-refractivity contribution in [3.8, 4) is 0 Å². The average Bonchev–Trinajstić information content (AvgIpc) is 3.46. The van der Waals surface area contributed by atoms with Crippen molar-refractivity contribution in [1.82, 2.24) is 14.7 Å². The summed E-state index contributed by atoms with van der Waals surface area (Å²) in [4.78, 5) is 30.6. The molecule has 3 saturated carbocycles. The molecule has 184 valence electrons. The van der Waals surface area contributed by atoms with Gasteiger partial charge in [0.25, 0.3) is 5.91 Å². The van der Waals surface area contributed by atoms with Gasteiger partial charge in [0.1, 0.15) is 17.2 Å². The summed E-state index contributed by atoms with van der Waals surface area (Å²) >= 11 is 0. The third kappa shape index (κ3) is 4.59. The second-order valence-electron chi connectivity index (χ2n) is 11.3. The number of rotatable bonds is 7. The summed E-state index contributed by atoms with van der Waals surface area (Å²) in [6, 6.07) is 5.55. The van der Waals surface area contributed by atoms with Gasteiger partial charge in [0.05, 0.1) is 12.1 Å². The second kappa shape index (κ2) is 9.33. The Morgan fingerprint density at radius 2 is 2.00 bits per heavy atom. The minimum Gasteiger partial charge on any atom is -0.394 e. The summed E-state index contributed by atoms with van der Waals surface area (Å²) in [7, 11) is 0. The molecule has 0 aliphatic heterocycles. The first-order valence-corrected chi connectivity index (χ1v) is 13.1. The molecule has 3 N–H and O–H groups in total. The van der Waals surface area contributed by atoms with Crippen molar-refractivity contribution in [2.75, 3.05) is 11.9 Å². The van der Waals surface area contributed by atoms with Gasteiger partial charge < -0.3 is 15.7 Å². The molecule has 2 aromatic heterocycles. The fraction of sp³-hybridized carbons (Fsp3) is 0.667. The van der Waals surface area contributed by atoms with Gasteiger partial charge in [-0.1, -0.05) is 45.1 Å². The van der Waals surface area contributed by atoms with Crippen LogP contribution in [0.4, 0.5) is 5.82 Å². The molecule has 2 heterocycles.